The second-order valence-corrected chi connectivity index (χ2v) is 5.35. The highest BCUT2D eigenvalue weighted by Crippen LogP contribution is 2.28. The molecule has 0 aliphatic carbocycles. The zero-order chi connectivity index (χ0) is 13.0. The Kier molecular flexibility index (Phi) is 4.61. The lowest BCUT2D eigenvalue weighted by Crippen LogP contribution is -2.40. The topological polar surface area (TPSA) is 38.5 Å². The van der Waals surface area contributed by atoms with Gasteiger partial charge in [-0.2, -0.15) is 0 Å². The van der Waals surface area contributed by atoms with Crippen molar-refractivity contribution in [2.75, 3.05) is 18.1 Å². The lowest BCUT2D eigenvalue weighted by Gasteiger charge is -2.38. The van der Waals surface area contributed by atoms with Crippen molar-refractivity contribution in [1.82, 2.24) is 0 Å². The van der Waals surface area contributed by atoms with Crippen LogP contribution in [0.15, 0.2) is 18.2 Å². The van der Waals surface area contributed by atoms with Crippen LogP contribution >= 0.6 is 0 Å². The van der Waals surface area contributed by atoms with Gasteiger partial charge in [-0.15, -0.1) is 0 Å². The molecular weight excluding hydrogens is 224 g/mol. The molecule has 1 aliphatic rings. The minimum Gasteiger partial charge on any atom is -0.368 e. The van der Waals surface area contributed by atoms with E-state index in [2.05, 4.69) is 36.9 Å². The summed E-state index contributed by atoms with van der Waals surface area (Å²) in [5.74, 6) is 5.16. The normalized spacial score (nSPS) is 20.2. The van der Waals surface area contributed by atoms with E-state index < -0.39 is 0 Å². The van der Waals surface area contributed by atoms with Gasteiger partial charge in [-0.25, -0.2) is 5.90 Å². The molecule has 1 atom stereocenters. The Morgan fingerprint density at radius 1 is 1.22 bits per heavy atom. The minimum absolute atomic E-state index is 0.573. The summed E-state index contributed by atoms with van der Waals surface area (Å²) in [5.41, 5.74) is 4.03. The van der Waals surface area contributed by atoms with Gasteiger partial charge in [0.15, 0.2) is 0 Å². The van der Waals surface area contributed by atoms with Gasteiger partial charge in [0, 0.05) is 18.3 Å². The van der Waals surface area contributed by atoms with E-state index in [0.29, 0.717) is 12.6 Å². The molecule has 0 radical (unpaired) electrons. The van der Waals surface area contributed by atoms with Crippen LogP contribution in [0.5, 0.6) is 0 Å². The summed E-state index contributed by atoms with van der Waals surface area (Å²) in [6.07, 6.45) is 4.86. The summed E-state index contributed by atoms with van der Waals surface area (Å²) < 4.78 is 0. The van der Waals surface area contributed by atoms with Crippen molar-refractivity contribution in [3.05, 3.63) is 29.3 Å². The van der Waals surface area contributed by atoms with E-state index in [9.17, 15) is 0 Å². The molecule has 1 aliphatic heterocycles. The number of rotatable bonds is 4. The molecule has 1 fully saturated rings. The molecule has 1 aromatic carbocycles. The second kappa shape index (κ2) is 6.21. The molecule has 0 saturated carbocycles. The van der Waals surface area contributed by atoms with E-state index >= 15 is 0 Å². The molecule has 1 heterocycles. The predicted molar refractivity (Wildman–Crippen MR) is 75.7 cm³/mol. The Morgan fingerprint density at radius 3 is 2.61 bits per heavy atom. The first-order valence-corrected chi connectivity index (χ1v) is 6.87. The number of anilines is 1. The van der Waals surface area contributed by atoms with Crippen LogP contribution in [0.4, 0.5) is 5.69 Å². The fraction of sp³-hybridized carbons (Fsp3) is 0.600. The Labute approximate surface area is 110 Å². The monoisotopic (exact) mass is 248 g/mol. The van der Waals surface area contributed by atoms with Crippen LogP contribution in [0.25, 0.3) is 0 Å². The third kappa shape index (κ3) is 3.24. The van der Waals surface area contributed by atoms with Crippen LogP contribution in [-0.2, 0) is 4.84 Å². The lowest BCUT2D eigenvalue weighted by molar-refractivity contribution is 0.127. The number of piperidine rings is 1. The van der Waals surface area contributed by atoms with Gasteiger partial charge in [-0.05, 0) is 62.8 Å². The molecule has 2 rings (SSSR count). The van der Waals surface area contributed by atoms with E-state index in [1.165, 1.54) is 36.1 Å². The van der Waals surface area contributed by atoms with E-state index in [-0.39, 0.29) is 0 Å². The van der Waals surface area contributed by atoms with Crippen molar-refractivity contribution < 1.29 is 4.84 Å². The second-order valence-electron chi connectivity index (χ2n) is 5.35. The van der Waals surface area contributed by atoms with E-state index in [0.717, 1.165) is 13.0 Å². The molecule has 1 unspecified atom stereocenters. The number of nitrogens with two attached hydrogens (primary N) is 1. The highest BCUT2D eigenvalue weighted by atomic mass is 16.6. The Bertz CT molecular complexity index is 372. The van der Waals surface area contributed by atoms with Crippen molar-refractivity contribution in [2.45, 2.75) is 45.6 Å². The van der Waals surface area contributed by atoms with Crippen LogP contribution in [0, 0.1) is 13.8 Å². The van der Waals surface area contributed by atoms with E-state index in [1.807, 2.05) is 0 Å². The van der Waals surface area contributed by atoms with Crippen molar-refractivity contribution in [2.24, 2.45) is 5.90 Å². The van der Waals surface area contributed by atoms with Crippen molar-refractivity contribution in [3.8, 4) is 0 Å². The van der Waals surface area contributed by atoms with Crippen molar-refractivity contribution >= 4 is 5.69 Å². The largest absolute Gasteiger partial charge is 0.368 e. The van der Waals surface area contributed by atoms with Crippen molar-refractivity contribution in [1.29, 1.82) is 0 Å². The molecule has 2 N–H and O–H groups in total. The van der Waals surface area contributed by atoms with Gasteiger partial charge >= 0.3 is 0 Å². The first kappa shape index (κ1) is 13.4. The SMILES string of the molecule is Cc1cc(C)cc(N2CCCCC2CCON)c1. The fourth-order valence-electron chi connectivity index (χ4n) is 2.96. The first-order chi connectivity index (χ1) is 8.70. The number of hydrogen-bond donors (Lipinski definition) is 1. The van der Waals surface area contributed by atoms with E-state index in [4.69, 9.17) is 10.7 Å². The standard InChI is InChI=1S/C15H24N2O/c1-12-9-13(2)11-15(10-12)17-7-4-3-5-14(17)6-8-18-16/h9-11,14H,3-8,16H2,1-2H3. The summed E-state index contributed by atoms with van der Waals surface area (Å²) in [6, 6.07) is 7.37. The van der Waals surface area contributed by atoms with Gasteiger partial charge in [-0.1, -0.05) is 6.07 Å². The minimum atomic E-state index is 0.573. The van der Waals surface area contributed by atoms with Crippen LogP contribution in [-0.4, -0.2) is 19.2 Å². The first-order valence-electron chi connectivity index (χ1n) is 6.87. The van der Waals surface area contributed by atoms with Crippen LogP contribution in [0.3, 0.4) is 0 Å². The van der Waals surface area contributed by atoms with Crippen molar-refractivity contribution in [3.63, 3.8) is 0 Å². The molecule has 1 aromatic rings. The number of hydrogen-bond acceptors (Lipinski definition) is 3. The zero-order valence-corrected chi connectivity index (χ0v) is 11.5. The average molecular weight is 248 g/mol. The van der Waals surface area contributed by atoms with Gasteiger partial charge in [0.1, 0.15) is 0 Å². The molecule has 0 bridgehead atoms. The number of aryl methyl sites for hydroxylation is 2. The molecule has 0 aromatic heterocycles. The van der Waals surface area contributed by atoms with Crippen LogP contribution < -0.4 is 10.8 Å². The zero-order valence-electron chi connectivity index (χ0n) is 11.5. The van der Waals surface area contributed by atoms with Gasteiger partial charge in [0.2, 0.25) is 0 Å². The van der Waals surface area contributed by atoms with Gasteiger partial charge in [0.25, 0.3) is 0 Å². The van der Waals surface area contributed by atoms with Gasteiger partial charge < -0.3 is 9.74 Å². The number of benzene rings is 1. The Balaban J connectivity index is 2.16. The van der Waals surface area contributed by atoms with Gasteiger partial charge in [-0.3, -0.25) is 0 Å². The fourth-order valence-corrected chi connectivity index (χ4v) is 2.96. The maximum atomic E-state index is 5.16. The molecule has 0 amide bonds. The molecule has 3 nitrogen and oxygen atoms in total. The highest BCUT2D eigenvalue weighted by molar-refractivity contribution is 5.52. The van der Waals surface area contributed by atoms with E-state index in [1.54, 1.807) is 0 Å². The smallest absolute Gasteiger partial charge is 0.0698 e. The molecule has 1 saturated heterocycles. The van der Waals surface area contributed by atoms with Crippen LogP contribution in [0.2, 0.25) is 0 Å². The van der Waals surface area contributed by atoms with Crippen LogP contribution in [0.1, 0.15) is 36.8 Å². The molecule has 0 spiro atoms. The van der Waals surface area contributed by atoms with Gasteiger partial charge in [0.05, 0.1) is 6.61 Å². The summed E-state index contributed by atoms with van der Waals surface area (Å²) in [4.78, 5) is 7.28. The quantitative estimate of drug-likeness (QED) is 0.833. The average Bonchev–Trinajstić information content (AvgIpc) is 2.35. The molecule has 3 heteroatoms. The highest BCUT2D eigenvalue weighted by Gasteiger charge is 2.22. The maximum Gasteiger partial charge on any atom is 0.0698 e. The summed E-state index contributed by atoms with van der Waals surface area (Å²) >= 11 is 0. The summed E-state index contributed by atoms with van der Waals surface area (Å²) in [5, 5.41) is 0. The molecular formula is C15H24N2O. The predicted octanol–water partition coefficient (Wildman–Crippen LogP) is 2.94. The number of nitrogens with zero attached hydrogens (tertiary/aromatic N) is 1. The third-order valence-corrected chi connectivity index (χ3v) is 3.73. The molecule has 100 valence electrons. The third-order valence-electron chi connectivity index (χ3n) is 3.73. The molecule has 18 heavy (non-hydrogen) atoms. The summed E-state index contributed by atoms with van der Waals surface area (Å²) in [7, 11) is 0. The Morgan fingerprint density at radius 2 is 1.94 bits per heavy atom. The maximum absolute atomic E-state index is 5.16. The summed E-state index contributed by atoms with van der Waals surface area (Å²) in [6.45, 7) is 6.13. The Hall–Kier alpha value is -1.06. The lowest BCUT2D eigenvalue weighted by atomic mass is 9.98.